The van der Waals surface area contributed by atoms with Crippen LogP contribution in [0, 0.1) is 0 Å². The van der Waals surface area contributed by atoms with Crippen LogP contribution in [0.25, 0.3) is 33.3 Å². The Morgan fingerprint density at radius 2 is 1.56 bits per heavy atom. The number of benzene rings is 3. The maximum atomic E-state index is 12.6. The number of phenols is 1. The normalized spacial score (nSPS) is 14.1. The molecule has 0 atom stereocenters. The van der Waals surface area contributed by atoms with E-state index >= 15 is 0 Å². The largest absolute Gasteiger partial charge is 0.507 e. The second-order valence-electron chi connectivity index (χ2n) is 10.3. The molecule has 1 saturated heterocycles. The Labute approximate surface area is 237 Å². The lowest BCUT2D eigenvalue weighted by molar-refractivity contribution is 0.246. The molecule has 3 aromatic carbocycles. The number of hydrogen-bond acceptors (Lipinski definition) is 8. The van der Waals surface area contributed by atoms with Crippen molar-refractivity contribution >= 4 is 27.6 Å². The van der Waals surface area contributed by atoms with Crippen molar-refractivity contribution in [2.75, 3.05) is 44.2 Å². The summed E-state index contributed by atoms with van der Waals surface area (Å²) in [5.74, 6) is 0.777. The number of phenolic OH excluding ortho intramolecular Hbond substituents is 1. The van der Waals surface area contributed by atoms with Crippen LogP contribution in [0.3, 0.4) is 0 Å². The van der Waals surface area contributed by atoms with Gasteiger partial charge in [0.05, 0.1) is 12.3 Å². The van der Waals surface area contributed by atoms with Gasteiger partial charge in [0.2, 0.25) is 0 Å². The Morgan fingerprint density at radius 3 is 2.39 bits per heavy atom. The first-order valence-corrected chi connectivity index (χ1v) is 14.0. The number of rotatable bonds is 9. The number of piperazine rings is 1. The number of anilines is 1. The molecule has 5 aromatic rings. The zero-order chi connectivity index (χ0) is 28.2. The predicted octanol–water partition coefficient (Wildman–Crippen LogP) is 5.64. The average Bonchev–Trinajstić information content (AvgIpc) is 2.99. The van der Waals surface area contributed by atoms with Crippen LogP contribution in [-0.4, -0.2) is 49.3 Å². The number of aromatic hydroxyl groups is 1. The summed E-state index contributed by atoms with van der Waals surface area (Å²) in [4.78, 5) is 29.4. The lowest BCUT2D eigenvalue weighted by Crippen LogP contribution is -2.46. The molecule has 0 aliphatic carbocycles. The van der Waals surface area contributed by atoms with Crippen molar-refractivity contribution in [3.8, 4) is 22.8 Å². The van der Waals surface area contributed by atoms with Crippen molar-refractivity contribution < 1.29 is 18.7 Å². The molecule has 3 heterocycles. The summed E-state index contributed by atoms with van der Waals surface area (Å²) in [5, 5.41) is 11.6. The van der Waals surface area contributed by atoms with Gasteiger partial charge in [-0.15, -0.1) is 0 Å². The summed E-state index contributed by atoms with van der Waals surface area (Å²) >= 11 is 0. The van der Waals surface area contributed by atoms with Crippen molar-refractivity contribution in [3.05, 3.63) is 99.5 Å². The topological polar surface area (TPSA) is 96.4 Å². The summed E-state index contributed by atoms with van der Waals surface area (Å²) in [6.07, 6.45) is 2.94. The molecule has 8 heteroatoms. The van der Waals surface area contributed by atoms with Crippen molar-refractivity contribution in [2.24, 2.45) is 0 Å². The lowest BCUT2D eigenvalue weighted by Gasteiger charge is -2.36. The molecule has 6 rings (SSSR count). The predicted molar refractivity (Wildman–Crippen MR) is 160 cm³/mol. The maximum absolute atomic E-state index is 12.6. The van der Waals surface area contributed by atoms with Crippen LogP contribution in [0.15, 0.2) is 97.3 Å². The lowest BCUT2D eigenvalue weighted by atomic mass is 10.1. The Balaban J connectivity index is 0.979. The molecule has 1 fully saturated rings. The fraction of sp³-hybridized carbons (Fsp3) is 0.273. The third kappa shape index (κ3) is 5.98. The number of hydrogen-bond donors (Lipinski definition) is 1. The second kappa shape index (κ2) is 11.9. The third-order valence-corrected chi connectivity index (χ3v) is 7.57. The molecule has 0 radical (unpaired) electrons. The maximum Gasteiger partial charge on any atom is 0.338 e. The van der Waals surface area contributed by atoms with Gasteiger partial charge in [-0.25, -0.2) is 4.79 Å². The SMILES string of the molecule is O=c1cc(N2CCN(CCCCCOc3cc(O)c4c(=O)cc(-c5ccccc5)oc4c3)CC2)c2ccccc2o1. The number of para-hydroxylation sites is 1. The molecular formula is C33H32N2O6. The second-order valence-corrected chi connectivity index (χ2v) is 10.3. The minimum absolute atomic E-state index is 0.144. The van der Waals surface area contributed by atoms with E-state index in [1.165, 1.54) is 12.1 Å². The minimum atomic E-state index is -0.316. The Bertz CT molecular complexity index is 1770. The molecule has 0 amide bonds. The third-order valence-electron chi connectivity index (χ3n) is 7.57. The summed E-state index contributed by atoms with van der Waals surface area (Å²) in [7, 11) is 0. The van der Waals surface area contributed by atoms with Crippen molar-refractivity contribution in [1.29, 1.82) is 0 Å². The smallest absolute Gasteiger partial charge is 0.338 e. The van der Waals surface area contributed by atoms with Crippen molar-refractivity contribution in [2.45, 2.75) is 19.3 Å². The first kappa shape index (κ1) is 26.7. The van der Waals surface area contributed by atoms with E-state index in [1.807, 2.05) is 54.6 Å². The Hall–Kier alpha value is -4.56. The highest BCUT2D eigenvalue weighted by atomic mass is 16.5. The van der Waals surface area contributed by atoms with Gasteiger partial charge >= 0.3 is 5.63 Å². The fourth-order valence-electron chi connectivity index (χ4n) is 5.44. The number of nitrogens with zero attached hydrogens (tertiary/aromatic N) is 2. The van der Waals surface area contributed by atoms with E-state index < -0.39 is 0 Å². The quantitative estimate of drug-likeness (QED) is 0.185. The molecule has 2 aromatic heterocycles. The molecule has 1 aliphatic rings. The van der Waals surface area contributed by atoms with E-state index in [2.05, 4.69) is 9.80 Å². The molecule has 210 valence electrons. The van der Waals surface area contributed by atoms with Gasteiger partial charge in [0, 0.05) is 61.4 Å². The van der Waals surface area contributed by atoms with Crippen LogP contribution in [-0.2, 0) is 0 Å². The van der Waals surface area contributed by atoms with Gasteiger partial charge in [-0.3, -0.25) is 9.69 Å². The summed E-state index contributed by atoms with van der Waals surface area (Å²) < 4.78 is 17.2. The molecule has 0 saturated carbocycles. The van der Waals surface area contributed by atoms with Gasteiger partial charge in [-0.1, -0.05) is 42.5 Å². The monoisotopic (exact) mass is 552 g/mol. The van der Waals surface area contributed by atoms with E-state index in [0.29, 0.717) is 29.3 Å². The molecule has 41 heavy (non-hydrogen) atoms. The van der Waals surface area contributed by atoms with Gasteiger partial charge in [0.1, 0.15) is 33.8 Å². The van der Waals surface area contributed by atoms with Gasteiger partial charge in [0.15, 0.2) is 5.43 Å². The number of fused-ring (bicyclic) bond motifs is 2. The number of unbranched alkanes of at least 4 members (excludes halogenated alkanes) is 2. The van der Waals surface area contributed by atoms with Crippen LogP contribution < -0.4 is 20.7 Å². The molecule has 1 N–H and O–H groups in total. The Kier molecular flexibility index (Phi) is 7.73. The first-order valence-electron chi connectivity index (χ1n) is 14.0. The minimum Gasteiger partial charge on any atom is -0.507 e. The van der Waals surface area contributed by atoms with Crippen LogP contribution in [0.5, 0.6) is 11.5 Å². The molecule has 0 unspecified atom stereocenters. The van der Waals surface area contributed by atoms with Gasteiger partial charge in [0.25, 0.3) is 0 Å². The average molecular weight is 553 g/mol. The summed E-state index contributed by atoms with van der Waals surface area (Å²) in [6, 6.07) is 23.2. The van der Waals surface area contributed by atoms with E-state index in [4.69, 9.17) is 13.6 Å². The molecule has 0 bridgehead atoms. The zero-order valence-corrected chi connectivity index (χ0v) is 22.8. The van der Waals surface area contributed by atoms with Crippen molar-refractivity contribution in [1.82, 2.24) is 4.90 Å². The standard InChI is InChI=1S/C33H32N2O6/c36-27-19-24(20-31-33(27)28(37)22-30(40-31)23-9-3-1-4-10-23)39-18-8-2-7-13-34-14-16-35(17-15-34)26-21-32(38)41-29-12-6-5-11-25(26)29/h1,3-6,9-12,19-22,36H,2,7-8,13-18H2. The highest BCUT2D eigenvalue weighted by molar-refractivity contribution is 5.90. The van der Waals surface area contributed by atoms with Crippen LogP contribution >= 0.6 is 0 Å². The highest BCUT2D eigenvalue weighted by Gasteiger charge is 2.19. The zero-order valence-electron chi connectivity index (χ0n) is 22.8. The van der Waals surface area contributed by atoms with Crippen LogP contribution in [0.1, 0.15) is 19.3 Å². The summed E-state index contributed by atoms with van der Waals surface area (Å²) in [5.41, 5.74) is 2.06. The number of ether oxygens (including phenoxy) is 1. The molecule has 0 spiro atoms. The van der Waals surface area contributed by atoms with Gasteiger partial charge in [-0.2, -0.15) is 0 Å². The van der Waals surface area contributed by atoms with Gasteiger partial charge in [-0.05, 0) is 37.9 Å². The first-order chi connectivity index (χ1) is 20.0. The van der Waals surface area contributed by atoms with E-state index in [0.717, 1.165) is 68.6 Å². The fourth-order valence-corrected chi connectivity index (χ4v) is 5.44. The van der Waals surface area contributed by atoms with Crippen LogP contribution in [0.4, 0.5) is 5.69 Å². The molecule has 1 aliphatic heterocycles. The van der Waals surface area contributed by atoms with Crippen LogP contribution in [0.2, 0.25) is 0 Å². The highest BCUT2D eigenvalue weighted by Crippen LogP contribution is 2.31. The van der Waals surface area contributed by atoms with E-state index in [1.54, 1.807) is 12.1 Å². The van der Waals surface area contributed by atoms with Crippen molar-refractivity contribution in [3.63, 3.8) is 0 Å². The molecule has 8 nitrogen and oxygen atoms in total. The summed E-state index contributed by atoms with van der Waals surface area (Å²) in [6.45, 7) is 5.13. The van der Waals surface area contributed by atoms with Gasteiger partial charge < -0.3 is 23.6 Å². The van der Waals surface area contributed by atoms with E-state index in [-0.39, 0.29) is 22.2 Å². The molecular weight excluding hydrogens is 520 g/mol. The van der Waals surface area contributed by atoms with E-state index in [9.17, 15) is 14.7 Å². The Morgan fingerprint density at radius 1 is 0.780 bits per heavy atom.